The van der Waals surface area contributed by atoms with Gasteiger partial charge in [-0.15, -0.1) is 0 Å². The van der Waals surface area contributed by atoms with E-state index in [2.05, 4.69) is 0 Å². The lowest BCUT2D eigenvalue weighted by Crippen LogP contribution is -2.12. The number of anilines is 1. The van der Waals surface area contributed by atoms with Crippen LogP contribution in [0.25, 0.3) is 0 Å². The number of hydrogen-bond donors (Lipinski definition) is 1. The van der Waals surface area contributed by atoms with Gasteiger partial charge in [0.2, 0.25) is 0 Å². The molecule has 0 spiro atoms. The van der Waals surface area contributed by atoms with E-state index in [0.717, 1.165) is 0 Å². The molecule has 0 atom stereocenters. The number of rotatable bonds is 2. The van der Waals surface area contributed by atoms with Crippen molar-refractivity contribution in [1.29, 1.82) is 15.8 Å². The Morgan fingerprint density at radius 1 is 1.00 bits per heavy atom. The summed E-state index contributed by atoms with van der Waals surface area (Å²) < 4.78 is 64.3. The Morgan fingerprint density at radius 3 is 2.00 bits per heavy atom. The molecule has 0 aliphatic heterocycles. The van der Waals surface area contributed by atoms with E-state index in [1.807, 2.05) is 5.32 Å². The molecule has 0 heterocycles. The van der Waals surface area contributed by atoms with Crippen LogP contribution >= 0.6 is 0 Å². The predicted molar refractivity (Wildman–Crippen MR) is 58.8 cm³/mol. The maximum atomic E-state index is 13.7. The fraction of sp³-hybridized carbons (Fsp3) is 0.0833. The summed E-state index contributed by atoms with van der Waals surface area (Å²) in [6.45, 7) is 0. The molecule has 1 N–H and O–H groups in total. The van der Waals surface area contributed by atoms with Crippen molar-refractivity contribution in [3.63, 3.8) is 0 Å². The monoisotopic (exact) mass is 298 g/mol. The van der Waals surface area contributed by atoms with Gasteiger partial charge in [0, 0.05) is 6.07 Å². The molecule has 1 aromatic carbocycles. The molecule has 0 aliphatic rings. The van der Waals surface area contributed by atoms with E-state index >= 15 is 0 Å². The highest BCUT2D eigenvalue weighted by molar-refractivity contribution is 5.60. The van der Waals surface area contributed by atoms with Gasteiger partial charge < -0.3 is 5.32 Å². The summed E-state index contributed by atoms with van der Waals surface area (Å²) in [5.41, 5.74) is -4.47. The third-order valence-electron chi connectivity index (χ3n) is 2.19. The van der Waals surface area contributed by atoms with Gasteiger partial charge in [-0.1, -0.05) is 0 Å². The summed E-state index contributed by atoms with van der Waals surface area (Å²) in [4.78, 5) is 0. The molecule has 0 unspecified atom stereocenters. The zero-order valence-corrected chi connectivity index (χ0v) is 9.89. The highest BCUT2D eigenvalue weighted by atomic mass is 19.4. The maximum Gasteiger partial charge on any atom is 0.419 e. The SMILES string of the molecule is N#CC(C#N)=C(C#N)Nc1cc(F)cc(C(F)(F)F)c1F. The van der Waals surface area contributed by atoms with Crippen molar-refractivity contribution in [3.8, 4) is 18.2 Å². The average molecular weight is 298 g/mol. The van der Waals surface area contributed by atoms with Crippen LogP contribution in [-0.4, -0.2) is 0 Å². The second-order valence-electron chi connectivity index (χ2n) is 3.52. The van der Waals surface area contributed by atoms with Crippen molar-refractivity contribution in [2.24, 2.45) is 0 Å². The fourth-order valence-electron chi connectivity index (χ4n) is 1.30. The minimum atomic E-state index is -5.15. The maximum absolute atomic E-state index is 13.7. The fourth-order valence-corrected chi connectivity index (χ4v) is 1.30. The smallest absolute Gasteiger partial charge is 0.343 e. The Morgan fingerprint density at radius 2 is 1.57 bits per heavy atom. The quantitative estimate of drug-likeness (QED) is 0.671. The first-order chi connectivity index (χ1) is 9.74. The lowest BCUT2D eigenvalue weighted by atomic mass is 10.1. The van der Waals surface area contributed by atoms with Crippen LogP contribution < -0.4 is 5.32 Å². The highest BCUT2D eigenvalue weighted by Gasteiger charge is 2.36. The molecule has 0 saturated heterocycles. The lowest BCUT2D eigenvalue weighted by Gasteiger charge is -2.12. The van der Waals surface area contributed by atoms with E-state index < -0.39 is 40.3 Å². The molecular formula is C12H3F5N4. The molecule has 0 aliphatic carbocycles. The number of halogens is 5. The van der Waals surface area contributed by atoms with Crippen LogP contribution in [-0.2, 0) is 6.18 Å². The number of alkyl halides is 3. The molecule has 0 amide bonds. The van der Waals surface area contributed by atoms with Crippen molar-refractivity contribution in [3.05, 3.63) is 40.6 Å². The van der Waals surface area contributed by atoms with Gasteiger partial charge in [0.05, 0.1) is 11.3 Å². The minimum absolute atomic E-state index is 0.0498. The molecule has 1 aromatic rings. The zero-order valence-electron chi connectivity index (χ0n) is 9.89. The molecular weight excluding hydrogens is 295 g/mol. The molecule has 0 saturated carbocycles. The number of allylic oxidation sites excluding steroid dienone is 2. The molecule has 0 bridgehead atoms. The van der Waals surface area contributed by atoms with Crippen molar-refractivity contribution >= 4 is 5.69 Å². The number of nitrogens with one attached hydrogen (secondary N) is 1. The number of hydrogen-bond acceptors (Lipinski definition) is 4. The lowest BCUT2D eigenvalue weighted by molar-refractivity contribution is -0.140. The van der Waals surface area contributed by atoms with E-state index in [1.54, 1.807) is 0 Å². The zero-order chi connectivity index (χ0) is 16.2. The normalized spacial score (nSPS) is 10.0. The minimum Gasteiger partial charge on any atom is -0.343 e. The van der Waals surface area contributed by atoms with E-state index in [0.29, 0.717) is 6.07 Å². The number of nitrogens with zero attached hydrogens (tertiary/aromatic N) is 3. The van der Waals surface area contributed by atoms with Gasteiger partial charge in [0.15, 0.2) is 11.4 Å². The van der Waals surface area contributed by atoms with Gasteiger partial charge in [-0.3, -0.25) is 0 Å². The van der Waals surface area contributed by atoms with Crippen LogP contribution in [0, 0.1) is 45.6 Å². The molecule has 4 nitrogen and oxygen atoms in total. The first-order valence-corrected chi connectivity index (χ1v) is 5.02. The van der Waals surface area contributed by atoms with Crippen LogP contribution in [0.3, 0.4) is 0 Å². The van der Waals surface area contributed by atoms with Crippen LogP contribution in [0.4, 0.5) is 27.6 Å². The molecule has 0 fully saturated rings. The average Bonchev–Trinajstić information content (AvgIpc) is 2.40. The second kappa shape index (κ2) is 5.89. The molecule has 9 heteroatoms. The van der Waals surface area contributed by atoms with Crippen molar-refractivity contribution in [1.82, 2.24) is 0 Å². The largest absolute Gasteiger partial charge is 0.419 e. The van der Waals surface area contributed by atoms with Crippen LogP contribution in [0.1, 0.15) is 5.56 Å². The van der Waals surface area contributed by atoms with E-state index in [-0.39, 0.29) is 6.07 Å². The molecule has 106 valence electrons. The standard InChI is InChI=1S/C12H3F5N4/c13-7-1-8(12(15,16)17)11(14)9(2-7)21-10(5-20)6(3-18)4-19/h1-2,21H. The molecule has 1 rings (SSSR count). The topological polar surface area (TPSA) is 83.4 Å². The summed E-state index contributed by atoms with van der Waals surface area (Å²) >= 11 is 0. The Hall–Kier alpha value is -3.12. The van der Waals surface area contributed by atoms with Crippen molar-refractivity contribution in [2.45, 2.75) is 6.18 Å². The second-order valence-corrected chi connectivity index (χ2v) is 3.52. The van der Waals surface area contributed by atoms with Gasteiger partial charge in [-0.05, 0) is 6.07 Å². The summed E-state index contributed by atoms with van der Waals surface area (Å²) in [7, 11) is 0. The van der Waals surface area contributed by atoms with E-state index in [1.165, 1.54) is 18.2 Å². The van der Waals surface area contributed by atoms with Gasteiger partial charge >= 0.3 is 6.18 Å². The van der Waals surface area contributed by atoms with Crippen LogP contribution in [0.5, 0.6) is 0 Å². The third-order valence-corrected chi connectivity index (χ3v) is 2.19. The highest BCUT2D eigenvalue weighted by Crippen LogP contribution is 2.35. The summed E-state index contributed by atoms with van der Waals surface area (Å²) in [5, 5.41) is 27.6. The van der Waals surface area contributed by atoms with Gasteiger partial charge in [0.25, 0.3) is 0 Å². The van der Waals surface area contributed by atoms with Gasteiger partial charge in [0.1, 0.15) is 29.7 Å². The van der Waals surface area contributed by atoms with Gasteiger partial charge in [-0.2, -0.15) is 29.0 Å². The molecule has 0 aromatic heterocycles. The van der Waals surface area contributed by atoms with Crippen LogP contribution in [0.2, 0.25) is 0 Å². The first kappa shape index (κ1) is 15.9. The Labute approximate surface area is 114 Å². The van der Waals surface area contributed by atoms with Crippen molar-refractivity contribution in [2.75, 3.05) is 5.32 Å². The number of nitriles is 3. The van der Waals surface area contributed by atoms with Crippen molar-refractivity contribution < 1.29 is 22.0 Å². The summed E-state index contributed by atoms with van der Waals surface area (Å²) in [5.74, 6) is -3.26. The summed E-state index contributed by atoms with van der Waals surface area (Å²) in [6.07, 6.45) is -5.15. The van der Waals surface area contributed by atoms with Gasteiger partial charge in [-0.25, -0.2) is 8.78 Å². The first-order valence-electron chi connectivity index (χ1n) is 5.02. The molecule has 21 heavy (non-hydrogen) atoms. The number of benzene rings is 1. The third kappa shape index (κ3) is 3.46. The van der Waals surface area contributed by atoms with E-state index in [9.17, 15) is 22.0 Å². The Kier molecular flexibility index (Phi) is 4.47. The molecule has 0 radical (unpaired) electrons. The van der Waals surface area contributed by atoms with Crippen LogP contribution in [0.15, 0.2) is 23.4 Å². The van der Waals surface area contributed by atoms with E-state index in [4.69, 9.17) is 15.8 Å². The predicted octanol–water partition coefficient (Wildman–Crippen LogP) is 3.22. The Bertz CT molecular complexity index is 712. The Balaban J connectivity index is 3.45. The summed E-state index contributed by atoms with van der Waals surface area (Å²) in [6, 6.07) is 4.22.